The zero-order valence-corrected chi connectivity index (χ0v) is 14.0. The third-order valence-corrected chi connectivity index (χ3v) is 4.98. The first-order valence-electron chi connectivity index (χ1n) is 7.63. The van der Waals surface area contributed by atoms with Crippen molar-refractivity contribution < 1.29 is 23.8 Å². The van der Waals surface area contributed by atoms with Gasteiger partial charge in [0, 0.05) is 24.8 Å². The van der Waals surface area contributed by atoms with Gasteiger partial charge < -0.3 is 19.9 Å². The van der Waals surface area contributed by atoms with Crippen LogP contribution in [0.3, 0.4) is 0 Å². The first kappa shape index (κ1) is 16.2. The summed E-state index contributed by atoms with van der Waals surface area (Å²) in [5.74, 6) is -1.07. The van der Waals surface area contributed by atoms with E-state index in [1.807, 2.05) is 6.92 Å². The highest BCUT2D eigenvalue weighted by molar-refractivity contribution is 7.13. The van der Waals surface area contributed by atoms with E-state index in [9.17, 15) is 9.59 Å². The van der Waals surface area contributed by atoms with Crippen LogP contribution in [0.15, 0.2) is 5.38 Å². The topological polar surface area (TPSA) is 101 Å². The van der Waals surface area contributed by atoms with Gasteiger partial charge in [-0.05, 0) is 13.3 Å². The lowest BCUT2D eigenvalue weighted by molar-refractivity contribution is -0.160. The van der Waals surface area contributed by atoms with Crippen LogP contribution in [-0.2, 0) is 29.4 Å². The largest absolute Gasteiger partial charge is 0.459 e. The van der Waals surface area contributed by atoms with E-state index < -0.39 is 29.1 Å². The smallest absolute Gasteiger partial charge is 0.324 e. The minimum absolute atomic E-state index is 0.213. The van der Waals surface area contributed by atoms with Crippen molar-refractivity contribution in [3.8, 4) is 0 Å². The Morgan fingerprint density at radius 1 is 1.48 bits per heavy atom. The number of anilines is 1. The van der Waals surface area contributed by atoms with Crippen molar-refractivity contribution in [1.82, 2.24) is 4.98 Å². The van der Waals surface area contributed by atoms with Gasteiger partial charge in [0.1, 0.15) is 6.10 Å². The van der Waals surface area contributed by atoms with E-state index >= 15 is 0 Å². The van der Waals surface area contributed by atoms with Crippen LogP contribution in [0.4, 0.5) is 5.13 Å². The number of carbonyl (C=O) groups is 2. The number of thiazole rings is 1. The zero-order valence-electron chi connectivity index (χ0n) is 13.2. The maximum Gasteiger partial charge on any atom is 0.324 e. The Morgan fingerprint density at radius 2 is 2.26 bits per heavy atom. The molecule has 0 aromatic carbocycles. The molecule has 1 aromatic heterocycles. The van der Waals surface area contributed by atoms with Crippen molar-refractivity contribution in [3.05, 3.63) is 11.1 Å². The predicted octanol–water partition coefficient (Wildman–Crippen LogP) is 1.62. The Labute approximate surface area is 138 Å². The Morgan fingerprint density at radius 3 is 2.91 bits per heavy atom. The number of nitrogen functional groups attached to an aromatic ring is 1. The second-order valence-corrected chi connectivity index (χ2v) is 7.15. The number of esters is 2. The lowest BCUT2D eigenvalue weighted by Crippen LogP contribution is -2.32. The molecule has 0 amide bonds. The summed E-state index contributed by atoms with van der Waals surface area (Å²) in [5.41, 5.74) is 4.02. The molecule has 3 rings (SSSR count). The fraction of sp³-hybridized carbons (Fsp3) is 0.667. The van der Waals surface area contributed by atoms with E-state index in [0.29, 0.717) is 24.0 Å². The molecular formula is C15H20N2O5S. The van der Waals surface area contributed by atoms with Gasteiger partial charge in [-0.15, -0.1) is 11.3 Å². The number of hydrogen-bond donors (Lipinski definition) is 1. The fourth-order valence-corrected chi connectivity index (χ4v) is 3.89. The maximum atomic E-state index is 12.5. The van der Waals surface area contributed by atoms with E-state index in [1.54, 1.807) is 12.3 Å². The van der Waals surface area contributed by atoms with Gasteiger partial charge >= 0.3 is 11.9 Å². The highest BCUT2D eigenvalue weighted by atomic mass is 32.1. The summed E-state index contributed by atoms with van der Waals surface area (Å²) in [6.07, 6.45) is 0.968. The average molecular weight is 340 g/mol. The molecule has 7 nitrogen and oxygen atoms in total. The van der Waals surface area contributed by atoms with Crippen LogP contribution in [0.2, 0.25) is 0 Å². The second kappa shape index (κ2) is 5.76. The predicted molar refractivity (Wildman–Crippen MR) is 82.6 cm³/mol. The Balaban J connectivity index is 1.77. The number of carbonyl (C=O) groups excluding carboxylic acids is 2. The first-order valence-corrected chi connectivity index (χ1v) is 8.51. The summed E-state index contributed by atoms with van der Waals surface area (Å²) >= 11 is 1.28. The second-order valence-electron chi connectivity index (χ2n) is 6.26. The van der Waals surface area contributed by atoms with Gasteiger partial charge in [0.15, 0.2) is 16.1 Å². The molecule has 0 bridgehead atoms. The van der Waals surface area contributed by atoms with E-state index in [2.05, 4.69) is 4.98 Å². The fourth-order valence-electron chi connectivity index (χ4n) is 3.20. The van der Waals surface area contributed by atoms with Crippen molar-refractivity contribution in [2.75, 3.05) is 18.9 Å². The summed E-state index contributed by atoms with van der Waals surface area (Å²) in [7, 11) is 0. The number of nitrogens with zero attached hydrogens (tertiary/aromatic N) is 1. The normalized spacial score (nSPS) is 33.2. The number of rotatable bonds is 5. The van der Waals surface area contributed by atoms with Gasteiger partial charge in [0.05, 0.1) is 12.3 Å². The van der Waals surface area contributed by atoms with Gasteiger partial charge in [0.25, 0.3) is 0 Å². The number of nitrogens with two attached hydrogens (primary N) is 1. The molecule has 2 saturated heterocycles. The molecule has 2 aliphatic heterocycles. The molecule has 0 radical (unpaired) electrons. The van der Waals surface area contributed by atoms with Crippen LogP contribution in [0.1, 0.15) is 38.8 Å². The maximum absolute atomic E-state index is 12.5. The average Bonchev–Trinajstić information content (AvgIpc) is 3.11. The van der Waals surface area contributed by atoms with Gasteiger partial charge in [0.2, 0.25) is 0 Å². The summed E-state index contributed by atoms with van der Waals surface area (Å²) < 4.78 is 16.3. The standard InChI is InChI=1S/C15H20N2O5S/c1-3-4-20-6-9-5-15(11(18)21-9)8-14(2,22-12(15)19)10-7-23-13(16)17-10/h7,9H,3-6,8H2,1-2H3,(H2,16,17)/t9-,14-,15-/m0/s1. The van der Waals surface area contributed by atoms with Gasteiger partial charge in [-0.3, -0.25) is 9.59 Å². The van der Waals surface area contributed by atoms with E-state index in [0.717, 1.165) is 6.42 Å². The molecule has 2 N–H and O–H groups in total. The molecule has 1 spiro atoms. The highest BCUT2D eigenvalue weighted by Gasteiger charge is 2.65. The van der Waals surface area contributed by atoms with Gasteiger partial charge in [-0.1, -0.05) is 6.92 Å². The molecule has 0 saturated carbocycles. The Bertz CT molecular complexity index is 633. The molecule has 126 valence electrons. The van der Waals surface area contributed by atoms with E-state index in [-0.39, 0.29) is 12.8 Å². The van der Waals surface area contributed by atoms with Crippen LogP contribution >= 0.6 is 11.3 Å². The van der Waals surface area contributed by atoms with E-state index in [1.165, 1.54) is 11.3 Å². The molecule has 3 heterocycles. The van der Waals surface area contributed by atoms with Crippen molar-refractivity contribution >= 4 is 28.4 Å². The lowest BCUT2D eigenvalue weighted by Gasteiger charge is -2.20. The summed E-state index contributed by atoms with van der Waals surface area (Å²) in [6.45, 7) is 4.65. The SMILES string of the molecule is CCCOC[C@@H]1C[C@]2(C[C@@](C)(c3csc(N)n3)OC2=O)C(=O)O1. The molecule has 2 fully saturated rings. The molecule has 1 aromatic rings. The van der Waals surface area contributed by atoms with Crippen molar-refractivity contribution in [2.24, 2.45) is 5.41 Å². The third kappa shape index (κ3) is 2.70. The van der Waals surface area contributed by atoms with Crippen LogP contribution in [0, 0.1) is 5.41 Å². The lowest BCUT2D eigenvalue weighted by atomic mass is 9.78. The minimum Gasteiger partial charge on any atom is -0.459 e. The zero-order chi connectivity index (χ0) is 16.7. The summed E-state index contributed by atoms with van der Waals surface area (Å²) in [5, 5.41) is 2.15. The van der Waals surface area contributed by atoms with Gasteiger partial charge in [-0.2, -0.15) is 0 Å². The quantitative estimate of drug-likeness (QED) is 0.494. The first-order chi connectivity index (χ1) is 10.9. The highest BCUT2D eigenvalue weighted by Crippen LogP contribution is 2.52. The van der Waals surface area contributed by atoms with Crippen molar-refractivity contribution in [2.45, 2.75) is 44.8 Å². The number of ether oxygens (including phenoxy) is 3. The Hall–Kier alpha value is -1.67. The molecule has 0 aliphatic carbocycles. The summed E-state index contributed by atoms with van der Waals surface area (Å²) in [4.78, 5) is 29.0. The number of hydrogen-bond acceptors (Lipinski definition) is 8. The summed E-state index contributed by atoms with van der Waals surface area (Å²) in [6, 6.07) is 0. The molecular weight excluding hydrogens is 320 g/mol. The molecule has 0 unspecified atom stereocenters. The molecule has 23 heavy (non-hydrogen) atoms. The molecule has 3 atom stereocenters. The van der Waals surface area contributed by atoms with Crippen LogP contribution in [-0.4, -0.2) is 36.2 Å². The number of aromatic nitrogens is 1. The monoisotopic (exact) mass is 340 g/mol. The van der Waals surface area contributed by atoms with Crippen molar-refractivity contribution in [1.29, 1.82) is 0 Å². The minimum atomic E-state index is -1.26. The molecule has 2 aliphatic rings. The van der Waals surface area contributed by atoms with Crippen LogP contribution in [0.25, 0.3) is 0 Å². The third-order valence-electron chi connectivity index (χ3n) is 4.30. The molecule has 8 heteroatoms. The van der Waals surface area contributed by atoms with Crippen LogP contribution in [0.5, 0.6) is 0 Å². The Kier molecular flexibility index (Phi) is 4.05. The van der Waals surface area contributed by atoms with Crippen LogP contribution < -0.4 is 5.73 Å². The van der Waals surface area contributed by atoms with E-state index in [4.69, 9.17) is 19.9 Å². The van der Waals surface area contributed by atoms with Crippen molar-refractivity contribution in [3.63, 3.8) is 0 Å². The van der Waals surface area contributed by atoms with Gasteiger partial charge in [-0.25, -0.2) is 4.98 Å². The number of cyclic esters (lactones) is 2.